The maximum Gasteiger partial charge on any atom is 0.162 e. The predicted molar refractivity (Wildman–Crippen MR) is 62.5 cm³/mol. The van der Waals surface area contributed by atoms with E-state index in [1.165, 1.54) is 6.42 Å². The zero-order valence-corrected chi connectivity index (χ0v) is 10.3. The largest absolute Gasteiger partial charge is 0.377 e. The fraction of sp³-hybridized carbons (Fsp3) is 0.750. The first-order valence-electron chi connectivity index (χ1n) is 6.10. The fourth-order valence-electron chi connectivity index (χ4n) is 2.02. The van der Waals surface area contributed by atoms with E-state index in [2.05, 4.69) is 10.5 Å². The molecular weight excluding hydrogens is 220 g/mol. The SMILES string of the molecule is COCc1cc(COCCC2CCNC2)no1. The number of hydrogen-bond acceptors (Lipinski definition) is 5. The standard InChI is InChI=1S/C12H20N2O3/c1-15-9-12-6-11(14-17-12)8-16-5-3-10-2-4-13-7-10/h6,10,13H,2-5,7-9H2,1H3. The van der Waals surface area contributed by atoms with Crippen molar-refractivity contribution >= 4 is 0 Å². The average Bonchev–Trinajstić information content (AvgIpc) is 2.96. The van der Waals surface area contributed by atoms with Crippen LogP contribution in [0.25, 0.3) is 0 Å². The first-order chi connectivity index (χ1) is 8.38. The van der Waals surface area contributed by atoms with Gasteiger partial charge in [0.2, 0.25) is 0 Å². The van der Waals surface area contributed by atoms with Crippen LogP contribution in [0.2, 0.25) is 0 Å². The molecule has 5 heteroatoms. The molecule has 2 heterocycles. The minimum absolute atomic E-state index is 0.459. The van der Waals surface area contributed by atoms with Crippen LogP contribution >= 0.6 is 0 Å². The van der Waals surface area contributed by atoms with Gasteiger partial charge in [-0.15, -0.1) is 0 Å². The van der Waals surface area contributed by atoms with Gasteiger partial charge in [-0.1, -0.05) is 5.16 Å². The Morgan fingerprint density at radius 2 is 2.47 bits per heavy atom. The lowest BCUT2D eigenvalue weighted by Gasteiger charge is -2.07. The molecule has 0 radical (unpaired) electrons. The summed E-state index contributed by atoms with van der Waals surface area (Å²) in [6.07, 6.45) is 2.39. The van der Waals surface area contributed by atoms with Crippen LogP contribution in [0.3, 0.4) is 0 Å². The first-order valence-corrected chi connectivity index (χ1v) is 6.10. The Labute approximate surface area is 101 Å². The van der Waals surface area contributed by atoms with Crippen LogP contribution in [0.15, 0.2) is 10.6 Å². The average molecular weight is 240 g/mol. The summed E-state index contributed by atoms with van der Waals surface area (Å²) in [5.74, 6) is 1.52. The highest BCUT2D eigenvalue weighted by molar-refractivity contribution is 5.03. The molecule has 1 unspecified atom stereocenters. The van der Waals surface area contributed by atoms with E-state index in [0.29, 0.717) is 13.2 Å². The Balaban J connectivity index is 1.60. The van der Waals surface area contributed by atoms with Crippen molar-refractivity contribution in [1.29, 1.82) is 0 Å². The fourth-order valence-corrected chi connectivity index (χ4v) is 2.02. The van der Waals surface area contributed by atoms with Crippen molar-refractivity contribution in [2.24, 2.45) is 5.92 Å². The maximum absolute atomic E-state index is 5.58. The summed E-state index contributed by atoms with van der Waals surface area (Å²) in [6, 6.07) is 1.88. The third-order valence-corrected chi connectivity index (χ3v) is 2.98. The third kappa shape index (κ3) is 4.11. The summed E-state index contributed by atoms with van der Waals surface area (Å²) in [6.45, 7) is 4.05. The number of nitrogens with one attached hydrogen (secondary N) is 1. The van der Waals surface area contributed by atoms with E-state index in [-0.39, 0.29) is 0 Å². The molecule has 0 saturated carbocycles. The van der Waals surface area contributed by atoms with E-state index in [1.807, 2.05) is 6.07 Å². The number of ether oxygens (including phenoxy) is 2. The van der Waals surface area contributed by atoms with E-state index in [9.17, 15) is 0 Å². The smallest absolute Gasteiger partial charge is 0.162 e. The molecule has 1 aromatic rings. The second kappa shape index (κ2) is 6.74. The van der Waals surface area contributed by atoms with E-state index in [0.717, 1.165) is 43.5 Å². The molecule has 1 fully saturated rings. The van der Waals surface area contributed by atoms with Gasteiger partial charge in [0.05, 0.1) is 6.61 Å². The van der Waals surface area contributed by atoms with Gasteiger partial charge >= 0.3 is 0 Å². The van der Waals surface area contributed by atoms with Crippen LogP contribution in [0, 0.1) is 5.92 Å². The summed E-state index contributed by atoms with van der Waals surface area (Å²) in [5.41, 5.74) is 0.835. The van der Waals surface area contributed by atoms with Gasteiger partial charge in [0.15, 0.2) is 5.76 Å². The second-order valence-electron chi connectivity index (χ2n) is 4.42. The van der Waals surface area contributed by atoms with Crippen LogP contribution in [-0.2, 0) is 22.7 Å². The normalized spacial score (nSPS) is 19.9. The second-order valence-corrected chi connectivity index (χ2v) is 4.42. The van der Waals surface area contributed by atoms with Gasteiger partial charge < -0.3 is 19.3 Å². The summed E-state index contributed by atoms with van der Waals surface area (Å²) in [5, 5.41) is 7.26. The lowest BCUT2D eigenvalue weighted by molar-refractivity contribution is 0.104. The highest BCUT2D eigenvalue weighted by Gasteiger charge is 2.13. The van der Waals surface area contributed by atoms with E-state index in [4.69, 9.17) is 14.0 Å². The van der Waals surface area contributed by atoms with E-state index >= 15 is 0 Å². The van der Waals surface area contributed by atoms with Gasteiger partial charge in [0.1, 0.15) is 12.3 Å². The van der Waals surface area contributed by atoms with Crippen molar-refractivity contribution < 1.29 is 14.0 Å². The van der Waals surface area contributed by atoms with Crippen LogP contribution < -0.4 is 5.32 Å². The molecule has 0 bridgehead atoms. The van der Waals surface area contributed by atoms with Crippen LogP contribution in [0.5, 0.6) is 0 Å². The molecule has 0 amide bonds. The van der Waals surface area contributed by atoms with Gasteiger partial charge in [-0.25, -0.2) is 0 Å². The zero-order chi connectivity index (χ0) is 11.9. The monoisotopic (exact) mass is 240 g/mol. The topological polar surface area (TPSA) is 56.5 Å². The first kappa shape index (κ1) is 12.5. The summed E-state index contributed by atoms with van der Waals surface area (Å²) < 4.78 is 15.6. The quantitative estimate of drug-likeness (QED) is 0.729. The minimum atomic E-state index is 0.459. The van der Waals surface area contributed by atoms with E-state index < -0.39 is 0 Å². The Kier molecular flexibility index (Phi) is 4.97. The molecule has 0 aliphatic carbocycles. The van der Waals surface area contributed by atoms with Gasteiger partial charge in [-0.2, -0.15) is 0 Å². The molecule has 96 valence electrons. The predicted octanol–water partition coefficient (Wildman–Crippen LogP) is 1.34. The molecule has 1 atom stereocenters. The van der Waals surface area contributed by atoms with E-state index in [1.54, 1.807) is 7.11 Å². The van der Waals surface area contributed by atoms with Gasteiger partial charge in [-0.3, -0.25) is 0 Å². The molecule has 1 saturated heterocycles. The molecule has 17 heavy (non-hydrogen) atoms. The molecule has 2 rings (SSSR count). The van der Waals surface area contributed by atoms with Crippen LogP contribution in [-0.4, -0.2) is 32.0 Å². The molecule has 1 N–H and O–H groups in total. The number of rotatable bonds is 7. The third-order valence-electron chi connectivity index (χ3n) is 2.98. The van der Waals surface area contributed by atoms with Gasteiger partial charge in [-0.05, 0) is 31.8 Å². The Hall–Kier alpha value is -0.910. The highest BCUT2D eigenvalue weighted by atomic mass is 16.5. The highest BCUT2D eigenvalue weighted by Crippen LogP contribution is 2.12. The zero-order valence-electron chi connectivity index (χ0n) is 10.3. The number of methoxy groups -OCH3 is 1. The van der Waals surface area contributed by atoms with Crippen molar-refractivity contribution in [3.8, 4) is 0 Å². The Bertz CT molecular complexity index is 321. The maximum atomic E-state index is 5.58. The molecule has 1 aliphatic rings. The van der Waals surface area contributed by atoms with Crippen molar-refractivity contribution in [1.82, 2.24) is 10.5 Å². The Morgan fingerprint density at radius 3 is 3.24 bits per heavy atom. The summed E-state index contributed by atoms with van der Waals surface area (Å²) in [4.78, 5) is 0. The van der Waals surface area contributed by atoms with Gasteiger partial charge in [0, 0.05) is 19.8 Å². The lowest BCUT2D eigenvalue weighted by atomic mass is 10.1. The summed E-state index contributed by atoms with van der Waals surface area (Å²) in [7, 11) is 1.63. The van der Waals surface area contributed by atoms with Crippen molar-refractivity contribution in [2.75, 3.05) is 26.8 Å². The Morgan fingerprint density at radius 1 is 1.53 bits per heavy atom. The lowest BCUT2D eigenvalue weighted by Crippen LogP contribution is -2.10. The van der Waals surface area contributed by atoms with Crippen molar-refractivity contribution in [3.05, 3.63) is 17.5 Å². The molecule has 5 nitrogen and oxygen atoms in total. The molecule has 1 aliphatic heterocycles. The number of hydrogen-bond donors (Lipinski definition) is 1. The van der Waals surface area contributed by atoms with Crippen LogP contribution in [0.4, 0.5) is 0 Å². The van der Waals surface area contributed by atoms with Gasteiger partial charge in [0.25, 0.3) is 0 Å². The number of aromatic nitrogens is 1. The number of nitrogens with zero attached hydrogens (tertiary/aromatic N) is 1. The summed E-state index contributed by atoms with van der Waals surface area (Å²) >= 11 is 0. The van der Waals surface area contributed by atoms with Crippen molar-refractivity contribution in [2.45, 2.75) is 26.1 Å². The molecule has 0 aromatic carbocycles. The molecule has 1 aromatic heterocycles. The molecule has 0 spiro atoms. The van der Waals surface area contributed by atoms with Crippen LogP contribution in [0.1, 0.15) is 24.3 Å². The molecular formula is C12H20N2O3. The van der Waals surface area contributed by atoms with Crippen molar-refractivity contribution in [3.63, 3.8) is 0 Å². The minimum Gasteiger partial charge on any atom is -0.377 e.